The van der Waals surface area contributed by atoms with E-state index in [0.29, 0.717) is 5.56 Å². The molecule has 0 atom stereocenters. The van der Waals surface area contributed by atoms with Gasteiger partial charge in [0.1, 0.15) is 0 Å². The topological polar surface area (TPSA) is 42.2 Å². The minimum Gasteiger partial charge on any atom is -0.353 e. The summed E-state index contributed by atoms with van der Waals surface area (Å²) in [6.45, 7) is 1.59. The van der Waals surface area contributed by atoms with Gasteiger partial charge in [-0.2, -0.15) is 5.26 Å². The van der Waals surface area contributed by atoms with Crippen molar-refractivity contribution in [1.82, 2.24) is 0 Å². The summed E-state index contributed by atoms with van der Waals surface area (Å²) in [7, 11) is 0. The number of nitrogens with zero attached hydrogens (tertiary/aromatic N) is 1. The number of benzene rings is 1. The predicted molar refractivity (Wildman–Crippen MR) is 59.8 cm³/mol. The normalized spacial score (nSPS) is 16.9. The zero-order valence-electron chi connectivity index (χ0n) is 9.19. The molecule has 0 aliphatic carbocycles. The van der Waals surface area contributed by atoms with Crippen molar-refractivity contribution in [3.63, 3.8) is 0 Å². The van der Waals surface area contributed by atoms with Crippen LogP contribution >= 0.6 is 0 Å². The van der Waals surface area contributed by atoms with Gasteiger partial charge in [0, 0.05) is 6.42 Å². The Morgan fingerprint density at radius 2 is 2.12 bits per heavy atom. The van der Waals surface area contributed by atoms with Crippen LogP contribution in [0.3, 0.4) is 0 Å². The highest BCUT2D eigenvalue weighted by atomic mass is 16.7. The Balaban J connectivity index is 1.86. The van der Waals surface area contributed by atoms with Gasteiger partial charge < -0.3 is 9.47 Å². The van der Waals surface area contributed by atoms with Crippen LogP contribution in [-0.2, 0) is 15.9 Å². The fourth-order valence-electron chi connectivity index (χ4n) is 1.78. The molecule has 1 aliphatic rings. The van der Waals surface area contributed by atoms with Gasteiger partial charge in [-0.05, 0) is 30.5 Å². The van der Waals surface area contributed by atoms with Crippen LogP contribution in [0.15, 0.2) is 24.3 Å². The third-order valence-electron chi connectivity index (χ3n) is 2.62. The summed E-state index contributed by atoms with van der Waals surface area (Å²) in [5.74, 6) is 0. The molecule has 0 radical (unpaired) electrons. The molecule has 1 aliphatic heterocycles. The first-order valence-corrected chi connectivity index (χ1v) is 5.61. The van der Waals surface area contributed by atoms with E-state index in [0.717, 1.165) is 38.0 Å². The molecule has 3 nitrogen and oxygen atoms in total. The van der Waals surface area contributed by atoms with Crippen LogP contribution in [0.5, 0.6) is 0 Å². The third kappa shape index (κ3) is 3.06. The van der Waals surface area contributed by atoms with Crippen molar-refractivity contribution < 1.29 is 9.47 Å². The quantitative estimate of drug-likeness (QED) is 0.779. The van der Waals surface area contributed by atoms with Gasteiger partial charge in [0.15, 0.2) is 6.29 Å². The molecule has 1 aromatic carbocycles. The van der Waals surface area contributed by atoms with E-state index in [1.807, 2.05) is 24.3 Å². The lowest BCUT2D eigenvalue weighted by Gasteiger charge is -2.23. The van der Waals surface area contributed by atoms with Crippen molar-refractivity contribution >= 4 is 0 Å². The van der Waals surface area contributed by atoms with Crippen LogP contribution in [0.25, 0.3) is 0 Å². The molecular weight excluding hydrogens is 202 g/mol. The summed E-state index contributed by atoms with van der Waals surface area (Å²) >= 11 is 0. The van der Waals surface area contributed by atoms with E-state index in [4.69, 9.17) is 14.7 Å². The first-order valence-electron chi connectivity index (χ1n) is 5.61. The zero-order chi connectivity index (χ0) is 11.2. The van der Waals surface area contributed by atoms with E-state index in [9.17, 15) is 0 Å². The Morgan fingerprint density at radius 3 is 2.88 bits per heavy atom. The molecule has 1 aromatic rings. The van der Waals surface area contributed by atoms with E-state index < -0.39 is 0 Å². The highest BCUT2D eigenvalue weighted by Gasteiger charge is 2.13. The molecule has 0 bridgehead atoms. The van der Waals surface area contributed by atoms with Crippen LogP contribution in [0.2, 0.25) is 0 Å². The average Bonchev–Trinajstić information content (AvgIpc) is 2.38. The maximum atomic E-state index is 8.78. The molecule has 84 valence electrons. The fraction of sp³-hybridized carbons (Fsp3) is 0.462. The maximum absolute atomic E-state index is 8.78. The standard InChI is InChI=1S/C13H15NO2/c14-10-12-4-1-3-11(9-12)5-6-13-15-7-2-8-16-13/h1,3-4,9,13H,2,5-8H2. The highest BCUT2D eigenvalue weighted by molar-refractivity contribution is 5.32. The van der Waals surface area contributed by atoms with E-state index in [-0.39, 0.29) is 6.29 Å². The SMILES string of the molecule is N#Cc1cccc(CCC2OCCCO2)c1. The van der Waals surface area contributed by atoms with Crippen molar-refractivity contribution in [2.24, 2.45) is 0 Å². The molecule has 3 heteroatoms. The highest BCUT2D eigenvalue weighted by Crippen LogP contribution is 2.13. The second kappa shape index (κ2) is 5.64. The number of hydrogen-bond donors (Lipinski definition) is 0. The van der Waals surface area contributed by atoms with Gasteiger partial charge in [-0.1, -0.05) is 12.1 Å². The largest absolute Gasteiger partial charge is 0.353 e. The van der Waals surface area contributed by atoms with Crippen molar-refractivity contribution in [2.75, 3.05) is 13.2 Å². The summed E-state index contributed by atoms with van der Waals surface area (Å²) in [4.78, 5) is 0. The van der Waals surface area contributed by atoms with Gasteiger partial charge in [0.05, 0.1) is 24.8 Å². The first-order chi connectivity index (χ1) is 7.88. The van der Waals surface area contributed by atoms with Crippen LogP contribution in [0.4, 0.5) is 0 Å². The fourth-order valence-corrected chi connectivity index (χ4v) is 1.78. The molecule has 2 rings (SSSR count). The van der Waals surface area contributed by atoms with Crippen molar-refractivity contribution in [2.45, 2.75) is 25.6 Å². The van der Waals surface area contributed by atoms with Crippen molar-refractivity contribution in [1.29, 1.82) is 5.26 Å². The van der Waals surface area contributed by atoms with Gasteiger partial charge in [-0.25, -0.2) is 0 Å². The van der Waals surface area contributed by atoms with Crippen molar-refractivity contribution in [3.05, 3.63) is 35.4 Å². The molecule has 0 saturated carbocycles. The Kier molecular flexibility index (Phi) is 3.92. The number of ether oxygens (including phenoxy) is 2. The van der Waals surface area contributed by atoms with Crippen LogP contribution < -0.4 is 0 Å². The van der Waals surface area contributed by atoms with Gasteiger partial charge in [-0.3, -0.25) is 0 Å². The van der Waals surface area contributed by atoms with E-state index >= 15 is 0 Å². The third-order valence-corrected chi connectivity index (χ3v) is 2.62. The minimum absolute atomic E-state index is 0.0699. The van der Waals surface area contributed by atoms with Crippen LogP contribution in [-0.4, -0.2) is 19.5 Å². The lowest BCUT2D eigenvalue weighted by molar-refractivity contribution is -0.180. The lowest BCUT2D eigenvalue weighted by Crippen LogP contribution is -2.25. The smallest absolute Gasteiger partial charge is 0.157 e. The second-order valence-corrected chi connectivity index (χ2v) is 3.88. The number of aryl methyl sites for hydroxylation is 1. The molecule has 0 N–H and O–H groups in total. The van der Waals surface area contributed by atoms with Gasteiger partial charge >= 0.3 is 0 Å². The Morgan fingerprint density at radius 1 is 1.31 bits per heavy atom. The van der Waals surface area contributed by atoms with Crippen LogP contribution in [0, 0.1) is 11.3 Å². The Hall–Kier alpha value is -1.37. The van der Waals surface area contributed by atoms with Crippen molar-refractivity contribution in [3.8, 4) is 6.07 Å². The maximum Gasteiger partial charge on any atom is 0.157 e. The molecular formula is C13H15NO2. The summed E-state index contributed by atoms with van der Waals surface area (Å²) in [6, 6.07) is 9.82. The number of nitriles is 1. The minimum atomic E-state index is -0.0699. The zero-order valence-corrected chi connectivity index (χ0v) is 9.19. The molecule has 1 saturated heterocycles. The molecule has 0 unspecified atom stereocenters. The predicted octanol–water partition coefficient (Wildman–Crippen LogP) is 2.25. The summed E-state index contributed by atoms with van der Waals surface area (Å²) in [6.07, 6.45) is 2.66. The molecule has 0 spiro atoms. The number of hydrogen-bond acceptors (Lipinski definition) is 3. The monoisotopic (exact) mass is 217 g/mol. The lowest BCUT2D eigenvalue weighted by atomic mass is 10.1. The molecule has 0 aromatic heterocycles. The molecule has 1 fully saturated rings. The van der Waals surface area contributed by atoms with Gasteiger partial charge in [0.25, 0.3) is 0 Å². The van der Waals surface area contributed by atoms with Gasteiger partial charge in [0.2, 0.25) is 0 Å². The number of rotatable bonds is 3. The summed E-state index contributed by atoms with van der Waals surface area (Å²) < 4.78 is 10.9. The van der Waals surface area contributed by atoms with Gasteiger partial charge in [-0.15, -0.1) is 0 Å². The molecule has 1 heterocycles. The Bertz CT molecular complexity index is 378. The van der Waals surface area contributed by atoms with E-state index in [1.165, 1.54) is 0 Å². The molecule has 0 amide bonds. The van der Waals surface area contributed by atoms with Crippen LogP contribution in [0.1, 0.15) is 24.0 Å². The Labute approximate surface area is 95.6 Å². The average molecular weight is 217 g/mol. The summed E-state index contributed by atoms with van der Waals surface area (Å²) in [5, 5.41) is 8.78. The van der Waals surface area contributed by atoms with E-state index in [1.54, 1.807) is 0 Å². The second-order valence-electron chi connectivity index (χ2n) is 3.88. The summed E-state index contributed by atoms with van der Waals surface area (Å²) in [5.41, 5.74) is 1.87. The molecule has 16 heavy (non-hydrogen) atoms. The van der Waals surface area contributed by atoms with E-state index in [2.05, 4.69) is 6.07 Å². The first kappa shape index (κ1) is 11.1.